The molecule has 0 bridgehead atoms. The van der Waals surface area contributed by atoms with Gasteiger partial charge >= 0.3 is 11.8 Å². The predicted octanol–water partition coefficient (Wildman–Crippen LogP) is 1.50. The van der Waals surface area contributed by atoms with Gasteiger partial charge < -0.3 is 14.8 Å². The molecule has 0 radical (unpaired) electrons. The van der Waals surface area contributed by atoms with Crippen LogP contribution in [0.15, 0.2) is 53.6 Å². The van der Waals surface area contributed by atoms with E-state index < -0.39 is 11.8 Å². The molecule has 7 nitrogen and oxygen atoms in total. The van der Waals surface area contributed by atoms with Crippen molar-refractivity contribution in [1.29, 1.82) is 0 Å². The SMILES string of the molecule is O=C(NN=Cc1ccc2c(c1)OCO2)C(=O)Nc1ccccc1. The highest BCUT2D eigenvalue weighted by Gasteiger charge is 2.14. The monoisotopic (exact) mass is 311 g/mol. The highest BCUT2D eigenvalue weighted by molar-refractivity contribution is 6.39. The third-order valence-corrected chi connectivity index (χ3v) is 3.01. The van der Waals surface area contributed by atoms with Gasteiger partial charge in [-0.25, -0.2) is 5.43 Å². The first kappa shape index (κ1) is 14.6. The Morgan fingerprint density at radius 1 is 1.00 bits per heavy atom. The van der Waals surface area contributed by atoms with Crippen LogP contribution in [0, 0.1) is 0 Å². The molecule has 0 spiro atoms. The van der Waals surface area contributed by atoms with Gasteiger partial charge in [-0.1, -0.05) is 18.2 Å². The number of carbonyl (C=O) groups is 2. The Morgan fingerprint density at radius 2 is 1.78 bits per heavy atom. The molecule has 2 N–H and O–H groups in total. The molecular formula is C16H13N3O4. The summed E-state index contributed by atoms with van der Waals surface area (Å²) in [5.41, 5.74) is 3.41. The zero-order valence-electron chi connectivity index (χ0n) is 12.0. The number of ether oxygens (including phenoxy) is 2. The Labute approximate surface area is 131 Å². The number of hydrogen-bond donors (Lipinski definition) is 2. The van der Waals surface area contributed by atoms with Crippen LogP contribution in [-0.4, -0.2) is 24.8 Å². The maximum absolute atomic E-state index is 11.7. The van der Waals surface area contributed by atoms with Gasteiger partial charge in [-0.2, -0.15) is 5.10 Å². The summed E-state index contributed by atoms with van der Waals surface area (Å²) in [6.07, 6.45) is 1.41. The van der Waals surface area contributed by atoms with Crippen LogP contribution < -0.4 is 20.2 Å². The smallest absolute Gasteiger partial charge is 0.329 e. The van der Waals surface area contributed by atoms with Crippen LogP contribution in [0.5, 0.6) is 11.5 Å². The van der Waals surface area contributed by atoms with Gasteiger partial charge in [0.25, 0.3) is 0 Å². The second-order valence-electron chi connectivity index (χ2n) is 4.63. The lowest BCUT2D eigenvalue weighted by molar-refractivity contribution is -0.136. The molecule has 0 aliphatic carbocycles. The molecule has 0 saturated heterocycles. The molecule has 1 aliphatic heterocycles. The molecule has 0 fully saturated rings. The Morgan fingerprint density at radius 3 is 2.61 bits per heavy atom. The number of nitrogens with one attached hydrogen (secondary N) is 2. The van der Waals surface area contributed by atoms with Crippen LogP contribution in [0.2, 0.25) is 0 Å². The summed E-state index contributed by atoms with van der Waals surface area (Å²) in [5, 5.41) is 6.21. The van der Waals surface area contributed by atoms with Gasteiger partial charge in [-0.3, -0.25) is 9.59 Å². The lowest BCUT2D eigenvalue weighted by atomic mass is 10.2. The first-order valence-electron chi connectivity index (χ1n) is 6.81. The number of para-hydroxylation sites is 1. The van der Waals surface area contributed by atoms with Gasteiger partial charge in [0.05, 0.1) is 6.21 Å². The van der Waals surface area contributed by atoms with E-state index in [4.69, 9.17) is 9.47 Å². The highest BCUT2D eigenvalue weighted by Crippen LogP contribution is 2.31. The van der Waals surface area contributed by atoms with Crippen LogP contribution >= 0.6 is 0 Å². The largest absolute Gasteiger partial charge is 0.454 e. The van der Waals surface area contributed by atoms with Crippen molar-refractivity contribution < 1.29 is 19.1 Å². The third kappa shape index (κ3) is 3.65. The van der Waals surface area contributed by atoms with Crippen molar-refractivity contribution in [2.75, 3.05) is 12.1 Å². The van der Waals surface area contributed by atoms with Crippen molar-refractivity contribution in [3.8, 4) is 11.5 Å². The molecule has 1 heterocycles. The van der Waals surface area contributed by atoms with Crippen molar-refractivity contribution in [3.05, 3.63) is 54.1 Å². The second-order valence-corrected chi connectivity index (χ2v) is 4.63. The van der Waals surface area contributed by atoms with Crippen LogP contribution in [0.25, 0.3) is 0 Å². The van der Waals surface area contributed by atoms with Gasteiger partial charge in [0, 0.05) is 5.69 Å². The number of anilines is 1. The van der Waals surface area contributed by atoms with E-state index in [1.807, 2.05) is 6.07 Å². The molecule has 23 heavy (non-hydrogen) atoms. The Balaban J connectivity index is 1.55. The van der Waals surface area contributed by atoms with Gasteiger partial charge in [0.15, 0.2) is 11.5 Å². The van der Waals surface area contributed by atoms with E-state index in [1.54, 1.807) is 42.5 Å². The quantitative estimate of drug-likeness (QED) is 0.511. The lowest BCUT2D eigenvalue weighted by Crippen LogP contribution is -2.32. The minimum Gasteiger partial charge on any atom is -0.454 e. The normalized spacial score (nSPS) is 12.2. The third-order valence-electron chi connectivity index (χ3n) is 3.01. The highest BCUT2D eigenvalue weighted by atomic mass is 16.7. The molecule has 2 aromatic rings. The van der Waals surface area contributed by atoms with Crippen molar-refractivity contribution >= 4 is 23.7 Å². The molecule has 3 rings (SSSR count). The fourth-order valence-electron chi connectivity index (χ4n) is 1.92. The minimum atomic E-state index is -0.856. The van der Waals surface area contributed by atoms with Crippen LogP contribution in [-0.2, 0) is 9.59 Å². The molecule has 7 heteroatoms. The first-order valence-corrected chi connectivity index (χ1v) is 6.81. The zero-order valence-corrected chi connectivity index (χ0v) is 12.0. The average molecular weight is 311 g/mol. The number of benzene rings is 2. The molecule has 0 atom stereocenters. The summed E-state index contributed by atoms with van der Waals surface area (Å²) in [6, 6.07) is 13.9. The lowest BCUT2D eigenvalue weighted by Gasteiger charge is -2.03. The molecular weight excluding hydrogens is 298 g/mol. The van der Waals surface area contributed by atoms with Gasteiger partial charge in [0.2, 0.25) is 6.79 Å². The van der Waals surface area contributed by atoms with Crippen LogP contribution in [0.3, 0.4) is 0 Å². The van der Waals surface area contributed by atoms with E-state index in [-0.39, 0.29) is 6.79 Å². The van der Waals surface area contributed by atoms with E-state index in [0.29, 0.717) is 22.7 Å². The van der Waals surface area contributed by atoms with Crippen LogP contribution in [0.1, 0.15) is 5.56 Å². The maximum atomic E-state index is 11.7. The number of fused-ring (bicyclic) bond motifs is 1. The fraction of sp³-hybridized carbons (Fsp3) is 0.0625. The minimum absolute atomic E-state index is 0.187. The molecule has 0 aromatic heterocycles. The summed E-state index contributed by atoms with van der Waals surface area (Å²) in [5.74, 6) is -0.375. The number of hydrogen-bond acceptors (Lipinski definition) is 5. The van der Waals surface area contributed by atoms with E-state index in [9.17, 15) is 9.59 Å². The first-order chi connectivity index (χ1) is 11.2. The summed E-state index contributed by atoms with van der Waals surface area (Å²) in [7, 11) is 0. The second kappa shape index (κ2) is 6.61. The maximum Gasteiger partial charge on any atom is 0.329 e. The molecule has 0 saturated carbocycles. The van der Waals surface area contributed by atoms with Crippen molar-refractivity contribution in [2.45, 2.75) is 0 Å². The number of rotatable bonds is 3. The summed E-state index contributed by atoms with van der Waals surface area (Å²) in [6.45, 7) is 0.187. The Hall–Kier alpha value is -3.35. The van der Waals surface area contributed by atoms with Crippen molar-refractivity contribution in [1.82, 2.24) is 5.43 Å². The molecule has 2 amide bonds. The molecule has 116 valence electrons. The topological polar surface area (TPSA) is 89.0 Å². The number of amides is 2. The predicted molar refractivity (Wildman–Crippen MR) is 83.4 cm³/mol. The van der Waals surface area contributed by atoms with Gasteiger partial charge in [-0.05, 0) is 35.9 Å². The average Bonchev–Trinajstić information content (AvgIpc) is 3.03. The number of carbonyl (C=O) groups excluding carboxylic acids is 2. The summed E-state index contributed by atoms with van der Waals surface area (Å²) < 4.78 is 10.4. The van der Waals surface area contributed by atoms with E-state index >= 15 is 0 Å². The summed E-state index contributed by atoms with van der Waals surface area (Å²) in [4.78, 5) is 23.3. The number of nitrogens with zero attached hydrogens (tertiary/aromatic N) is 1. The van der Waals surface area contributed by atoms with E-state index in [1.165, 1.54) is 6.21 Å². The van der Waals surface area contributed by atoms with Crippen molar-refractivity contribution in [2.24, 2.45) is 5.10 Å². The number of hydrazone groups is 1. The van der Waals surface area contributed by atoms with Crippen LogP contribution in [0.4, 0.5) is 5.69 Å². The van der Waals surface area contributed by atoms with Crippen molar-refractivity contribution in [3.63, 3.8) is 0 Å². The Bertz CT molecular complexity index is 759. The molecule has 1 aliphatic rings. The van der Waals surface area contributed by atoms with E-state index in [2.05, 4.69) is 15.8 Å². The van der Waals surface area contributed by atoms with Gasteiger partial charge in [0.1, 0.15) is 0 Å². The fourth-order valence-corrected chi connectivity index (χ4v) is 1.92. The zero-order chi connectivity index (χ0) is 16.1. The molecule has 2 aromatic carbocycles. The van der Waals surface area contributed by atoms with E-state index in [0.717, 1.165) is 0 Å². The van der Waals surface area contributed by atoms with Gasteiger partial charge in [-0.15, -0.1) is 0 Å². The Kier molecular flexibility index (Phi) is 4.19. The molecule has 0 unspecified atom stereocenters. The summed E-state index contributed by atoms with van der Waals surface area (Å²) >= 11 is 0. The standard InChI is InChI=1S/C16H13N3O4/c20-15(18-12-4-2-1-3-5-12)16(21)19-17-9-11-6-7-13-14(8-11)23-10-22-13/h1-9H,10H2,(H,18,20)(H,19,21).